The van der Waals surface area contributed by atoms with Gasteiger partial charge < -0.3 is 9.64 Å². The second kappa shape index (κ2) is 5.49. The number of methoxy groups -OCH3 is 1. The fourth-order valence-corrected chi connectivity index (χ4v) is 2.16. The summed E-state index contributed by atoms with van der Waals surface area (Å²) in [6.45, 7) is 1.27. The van der Waals surface area contributed by atoms with E-state index in [9.17, 15) is 13.2 Å². The van der Waals surface area contributed by atoms with Crippen LogP contribution in [0, 0.1) is 5.92 Å². The molecule has 0 aliphatic carbocycles. The molecule has 1 atom stereocenters. The number of ether oxygens (including phenoxy) is 1. The summed E-state index contributed by atoms with van der Waals surface area (Å²) in [6.07, 6.45) is 2.35. The van der Waals surface area contributed by atoms with Crippen molar-refractivity contribution in [3.8, 4) is 0 Å². The lowest BCUT2D eigenvalue weighted by atomic mass is 10.00. The van der Waals surface area contributed by atoms with Gasteiger partial charge in [-0.1, -0.05) is 0 Å². The minimum Gasteiger partial charge on any atom is -0.453 e. The third kappa shape index (κ3) is 4.36. The van der Waals surface area contributed by atoms with Crippen molar-refractivity contribution in [3.63, 3.8) is 0 Å². The highest BCUT2D eigenvalue weighted by atomic mass is 32.2. The Kier molecular flexibility index (Phi) is 4.55. The molecule has 0 radical (unpaired) electrons. The average molecular weight is 251 g/mol. The molecule has 0 N–H and O–H groups in total. The number of hydrogen-bond acceptors (Lipinski definition) is 5. The minimum absolute atomic E-state index is 0.0579. The van der Waals surface area contributed by atoms with Gasteiger partial charge in [0.25, 0.3) is 10.1 Å². The van der Waals surface area contributed by atoms with E-state index in [2.05, 4.69) is 4.74 Å². The summed E-state index contributed by atoms with van der Waals surface area (Å²) in [4.78, 5) is 12.8. The third-order valence-corrected chi connectivity index (χ3v) is 3.03. The Bertz CT molecular complexity index is 340. The number of likely N-dealkylation sites (tertiary alicyclic amines) is 1. The Balaban J connectivity index is 2.42. The SMILES string of the molecule is COC(=O)N1CCCC(COS(C)(=O)=O)C1. The molecule has 1 saturated heterocycles. The third-order valence-electron chi connectivity index (χ3n) is 2.47. The summed E-state index contributed by atoms with van der Waals surface area (Å²) in [5.74, 6) is 0.0579. The number of carbonyl (C=O) groups excluding carboxylic acids is 1. The lowest BCUT2D eigenvalue weighted by Gasteiger charge is -2.31. The van der Waals surface area contributed by atoms with E-state index in [4.69, 9.17) is 4.18 Å². The van der Waals surface area contributed by atoms with Gasteiger partial charge in [-0.2, -0.15) is 8.42 Å². The summed E-state index contributed by atoms with van der Waals surface area (Å²) in [5.41, 5.74) is 0. The summed E-state index contributed by atoms with van der Waals surface area (Å²) in [6, 6.07) is 0. The molecule has 0 aromatic carbocycles. The molecule has 1 heterocycles. The van der Waals surface area contributed by atoms with E-state index in [1.54, 1.807) is 4.90 Å². The molecule has 1 amide bonds. The summed E-state index contributed by atoms with van der Waals surface area (Å²) in [5, 5.41) is 0. The van der Waals surface area contributed by atoms with Crippen molar-refractivity contribution < 1.29 is 22.1 Å². The zero-order valence-electron chi connectivity index (χ0n) is 9.51. The zero-order valence-corrected chi connectivity index (χ0v) is 10.3. The lowest BCUT2D eigenvalue weighted by Crippen LogP contribution is -2.41. The smallest absolute Gasteiger partial charge is 0.409 e. The molecule has 16 heavy (non-hydrogen) atoms. The standard InChI is InChI=1S/C9H17NO5S/c1-14-9(11)10-5-3-4-8(6-10)7-15-16(2,12)13/h8H,3-7H2,1-2H3. The average Bonchev–Trinajstić information content (AvgIpc) is 2.25. The molecule has 94 valence electrons. The Morgan fingerprint density at radius 1 is 1.50 bits per heavy atom. The highest BCUT2D eigenvalue weighted by Gasteiger charge is 2.25. The largest absolute Gasteiger partial charge is 0.453 e. The van der Waals surface area contributed by atoms with E-state index >= 15 is 0 Å². The first-order valence-corrected chi connectivity index (χ1v) is 6.91. The maximum Gasteiger partial charge on any atom is 0.409 e. The lowest BCUT2D eigenvalue weighted by molar-refractivity contribution is 0.0914. The Hall–Kier alpha value is -0.820. The highest BCUT2D eigenvalue weighted by molar-refractivity contribution is 7.85. The normalized spacial score (nSPS) is 21.9. The van der Waals surface area contributed by atoms with Crippen molar-refractivity contribution in [2.75, 3.05) is 33.1 Å². The van der Waals surface area contributed by atoms with Crippen LogP contribution in [0.25, 0.3) is 0 Å². The molecular formula is C9H17NO5S. The van der Waals surface area contributed by atoms with E-state index in [0.717, 1.165) is 19.1 Å². The molecule has 1 aliphatic rings. The summed E-state index contributed by atoms with van der Waals surface area (Å²) >= 11 is 0. The van der Waals surface area contributed by atoms with Crippen LogP contribution in [0.1, 0.15) is 12.8 Å². The van der Waals surface area contributed by atoms with Crippen LogP contribution < -0.4 is 0 Å². The molecule has 1 aliphatic heterocycles. The van der Waals surface area contributed by atoms with Gasteiger partial charge in [0, 0.05) is 19.0 Å². The molecule has 0 spiro atoms. The van der Waals surface area contributed by atoms with Gasteiger partial charge in [-0.25, -0.2) is 4.79 Å². The topological polar surface area (TPSA) is 72.9 Å². The van der Waals surface area contributed by atoms with Crippen LogP contribution >= 0.6 is 0 Å². The predicted octanol–water partition coefficient (Wildman–Crippen LogP) is 0.441. The molecule has 1 fully saturated rings. The number of amides is 1. The van der Waals surface area contributed by atoms with Gasteiger partial charge in [0.2, 0.25) is 0 Å². The van der Waals surface area contributed by atoms with Crippen molar-refractivity contribution in [1.29, 1.82) is 0 Å². The molecule has 0 aromatic heterocycles. The van der Waals surface area contributed by atoms with E-state index < -0.39 is 10.1 Å². The van der Waals surface area contributed by atoms with Crippen molar-refractivity contribution in [1.82, 2.24) is 4.90 Å². The molecule has 6 nitrogen and oxygen atoms in total. The second-order valence-corrected chi connectivity index (χ2v) is 5.56. The van der Waals surface area contributed by atoms with Gasteiger partial charge in [-0.15, -0.1) is 0 Å². The van der Waals surface area contributed by atoms with E-state index in [-0.39, 0.29) is 18.6 Å². The van der Waals surface area contributed by atoms with Gasteiger partial charge in [-0.3, -0.25) is 4.18 Å². The van der Waals surface area contributed by atoms with Crippen molar-refractivity contribution in [2.45, 2.75) is 12.8 Å². The summed E-state index contributed by atoms with van der Waals surface area (Å²) in [7, 11) is -2.07. The zero-order chi connectivity index (χ0) is 12.2. The van der Waals surface area contributed by atoms with Crippen LogP contribution in [0.5, 0.6) is 0 Å². The second-order valence-electron chi connectivity index (χ2n) is 3.91. The van der Waals surface area contributed by atoms with Crippen LogP contribution in [0.2, 0.25) is 0 Å². The van der Waals surface area contributed by atoms with Crippen LogP contribution in [-0.4, -0.2) is 52.5 Å². The highest BCUT2D eigenvalue weighted by Crippen LogP contribution is 2.17. The van der Waals surface area contributed by atoms with Crippen LogP contribution in [0.3, 0.4) is 0 Å². The van der Waals surface area contributed by atoms with Gasteiger partial charge in [-0.05, 0) is 12.8 Å². The first kappa shape index (κ1) is 13.2. The van der Waals surface area contributed by atoms with Crippen molar-refractivity contribution in [2.24, 2.45) is 5.92 Å². The minimum atomic E-state index is -3.40. The molecule has 0 saturated carbocycles. The van der Waals surface area contributed by atoms with Gasteiger partial charge in [0.15, 0.2) is 0 Å². The first-order chi connectivity index (χ1) is 7.42. The number of carbonyl (C=O) groups is 1. The van der Waals surface area contributed by atoms with Crippen LogP contribution in [0.15, 0.2) is 0 Å². The Labute approximate surface area is 95.6 Å². The first-order valence-electron chi connectivity index (χ1n) is 5.09. The van der Waals surface area contributed by atoms with Crippen molar-refractivity contribution >= 4 is 16.2 Å². The molecule has 0 bridgehead atoms. The monoisotopic (exact) mass is 251 g/mol. The number of nitrogens with zero attached hydrogens (tertiary/aromatic N) is 1. The van der Waals surface area contributed by atoms with E-state index in [1.165, 1.54) is 7.11 Å². The van der Waals surface area contributed by atoms with Gasteiger partial charge in [0.1, 0.15) is 0 Å². The number of rotatable bonds is 3. The Morgan fingerprint density at radius 2 is 2.19 bits per heavy atom. The quantitative estimate of drug-likeness (QED) is 0.680. The number of piperidine rings is 1. The predicted molar refractivity (Wildman–Crippen MR) is 57.5 cm³/mol. The maximum absolute atomic E-state index is 11.3. The van der Waals surface area contributed by atoms with Crippen molar-refractivity contribution in [3.05, 3.63) is 0 Å². The maximum atomic E-state index is 11.3. The molecule has 7 heteroatoms. The fourth-order valence-electron chi connectivity index (χ4n) is 1.72. The Morgan fingerprint density at radius 3 is 2.75 bits per heavy atom. The van der Waals surface area contributed by atoms with Gasteiger partial charge >= 0.3 is 6.09 Å². The fraction of sp³-hybridized carbons (Fsp3) is 0.889. The molecule has 1 unspecified atom stereocenters. The van der Waals surface area contributed by atoms with Crippen LogP contribution in [0.4, 0.5) is 4.79 Å². The van der Waals surface area contributed by atoms with Gasteiger partial charge in [0.05, 0.1) is 20.0 Å². The van der Waals surface area contributed by atoms with E-state index in [0.29, 0.717) is 13.1 Å². The van der Waals surface area contributed by atoms with Crippen LogP contribution in [-0.2, 0) is 19.0 Å². The van der Waals surface area contributed by atoms with E-state index in [1.807, 2.05) is 0 Å². The molecule has 0 aromatic rings. The number of hydrogen-bond donors (Lipinski definition) is 0. The molecular weight excluding hydrogens is 234 g/mol. The molecule has 1 rings (SSSR count). The summed E-state index contributed by atoms with van der Waals surface area (Å²) < 4.78 is 31.0.